The van der Waals surface area contributed by atoms with Crippen LogP contribution in [0.2, 0.25) is 0 Å². The Morgan fingerprint density at radius 2 is 2.00 bits per heavy atom. The van der Waals surface area contributed by atoms with Gasteiger partial charge in [-0.2, -0.15) is 0 Å². The molecule has 2 heteroatoms. The van der Waals surface area contributed by atoms with Crippen molar-refractivity contribution in [2.24, 2.45) is 0 Å². The third kappa shape index (κ3) is 2.90. The van der Waals surface area contributed by atoms with Crippen LogP contribution in [0.3, 0.4) is 0 Å². The molecule has 0 unspecified atom stereocenters. The lowest BCUT2D eigenvalue weighted by Gasteiger charge is -1.90. The third-order valence-corrected chi connectivity index (χ3v) is 1.09. The lowest BCUT2D eigenvalue weighted by Crippen LogP contribution is -1.96. The van der Waals surface area contributed by atoms with Gasteiger partial charge in [0.15, 0.2) is 0 Å². The second kappa shape index (κ2) is 4.13. The van der Waals surface area contributed by atoms with Gasteiger partial charge in [-0.3, -0.25) is 0 Å². The van der Waals surface area contributed by atoms with E-state index < -0.39 is 5.97 Å². The SMILES string of the molecule is CCC=C(CC)C([O])=O. The van der Waals surface area contributed by atoms with Gasteiger partial charge in [0.05, 0.1) is 0 Å². The molecule has 0 aliphatic heterocycles. The summed E-state index contributed by atoms with van der Waals surface area (Å²) in [4.78, 5) is 10.1. The zero-order valence-corrected chi connectivity index (χ0v) is 5.81. The molecular formula is C7H11O2. The minimum absolute atomic E-state index is 0.400. The van der Waals surface area contributed by atoms with Crippen LogP contribution in [0.25, 0.3) is 0 Å². The molecule has 0 amide bonds. The maximum Gasteiger partial charge on any atom is 0.382 e. The van der Waals surface area contributed by atoms with Crippen LogP contribution >= 0.6 is 0 Å². The van der Waals surface area contributed by atoms with Crippen LogP contribution < -0.4 is 0 Å². The van der Waals surface area contributed by atoms with Crippen molar-refractivity contribution in [3.63, 3.8) is 0 Å². The minimum atomic E-state index is -1.04. The monoisotopic (exact) mass is 127 g/mol. The van der Waals surface area contributed by atoms with Gasteiger partial charge in [0.2, 0.25) is 0 Å². The maximum atomic E-state index is 10.1. The smallest absolute Gasteiger partial charge is 0.242 e. The number of rotatable bonds is 3. The highest BCUT2D eigenvalue weighted by Gasteiger charge is 2.03. The molecule has 0 atom stereocenters. The zero-order chi connectivity index (χ0) is 7.28. The molecule has 1 radical (unpaired) electrons. The van der Waals surface area contributed by atoms with Gasteiger partial charge in [-0.1, -0.05) is 19.9 Å². The second-order valence-corrected chi connectivity index (χ2v) is 1.78. The number of carbonyl (C=O) groups is 1. The molecule has 0 spiro atoms. The van der Waals surface area contributed by atoms with Crippen LogP contribution in [0.1, 0.15) is 26.7 Å². The Balaban J connectivity index is 3.98. The summed E-state index contributed by atoms with van der Waals surface area (Å²) in [7, 11) is 0. The fraction of sp³-hybridized carbons (Fsp3) is 0.571. The van der Waals surface area contributed by atoms with Crippen LogP contribution in [0.4, 0.5) is 0 Å². The van der Waals surface area contributed by atoms with E-state index in [1.807, 2.05) is 6.92 Å². The molecule has 0 aromatic carbocycles. The first-order valence-corrected chi connectivity index (χ1v) is 3.12. The molecule has 0 aliphatic carbocycles. The molecule has 0 rings (SSSR count). The summed E-state index contributed by atoms with van der Waals surface area (Å²) in [5, 5.41) is 10.1. The van der Waals surface area contributed by atoms with E-state index in [0.717, 1.165) is 6.42 Å². The van der Waals surface area contributed by atoms with Gasteiger partial charge in [-0.15, -0.1) is 0 Å². The molecular weight excluding hydrogens is 116 g/mol. The zero-order valence-electron chi connectivity index (χ0n) is 5.81. The quantitative estimate of drug-likeness (QED) is 0.531. The minimum Gasteiger partial charge on any atom is -0.242 e. The highest BCUT2D eigenvalue weighted by atomic mass is 16.4. The fourth-order valence-corrected chi connectivity index (χ4v) is 0.618. The first kappa shape index (κ1) is 8.21. The lowest BCUT2D eigenvalue weighted by molar-refractivity contribution is -0.138. The summed E-state index contributed by atoms with van der Waals surface area (Å²) in [6, 6.07) is 0. The lowest BCUT2D eigenvalue weighted by atomic mass is 10.2. The van der Waals surface area contributed by atoms with E-state index in [9.17, 15) is 9.90 Å². The molecule has 0 aromatic heterocycles. The number of hydrogen-bond acceptors (Lipinski definition) is 1. The van der Waals surface area contributed by atoms with Gasteiger partial charge in [-0.25, -0.2) is 9.90 Å². The van der Waals surface area contributed by atoms with E-state index in [-0.39, 0.29) is 0 Å². The predicted molar refractivity (Wildman–Crippen MR) is 34.4 cm³/mol. The van der Waals surface area contributed by atoms with E-state index in [4.69, 9.17) is 0 Å². The molecule has 0 fully saturated rings. The Kier molecular flexibility index (Phi) is 3.76. The molecule has 0 aromatic rings. The molecule has 0 saturated carbocycles. The molecule has 0 heterocycles. The molecule has 51 valence electrons. The Morgan fingerprint density at radius 1 is 1.44 bits per heavy atom. The van der Waals surface area contributed by atoms with Gasteiger partial charge < -0.3 is 0 Å². The van der Waals surface area contributed by atoms with Gasteiger partial charge in [0.1, 0.15) is 0 Å². The largest absolute Gasteiger partial charge is 0.382 e. The van der Waals surface area contributed by atoms with Crippen LogP contribution in [0.15, 0.2) is 11.6 Å². The van der Waals surface area contributed by atoms with E-state index in [0.29, 0.717) is 12.0 Å². The van der Waals surface area contributed by atoms with Crippen molar-refractivity contribution in [2.75, 3.05) is 0 Å². The topological polar surface area (TPSA) is 37.0 Å². The highest BCUT2D eigenvalue weighted by molar-refractivity contribution is 5.85. The van der Waals surface area contributed by atoms with Crippen LogP contribution in [0, 0.1) is 0 Å². The molecule has 9 heavy (non-hydrogen) atoms. The summed E-state index contributed by atoms with van der Waals surface area (Å²) in [5.41, 5.74) is 0.400. The average Bonchev–Trinajstić information content (AvgIpc) is 1.82. The Morgan fingerprint density at radius 3 is 2.11 bits per heavy atom. The van der Waals surface area contributed by atoms with Crippen LogP contribution in [-0.4, -0.2) is 5.97 Å². The van der Waals surface area contributed by atoms with Gasteiger partial charge >= 0.3 is 5.97 Å². The summed E-state index contributed by atoms with van der Waals surface area (Å²) < 4.78 is 0. The standard InChI is InChI=1S/C7H11O2/c1-3-5-6(4-2)7(8)9/h5H,3-4H2,1-2H3. The van der Waals surface area contributed by atoms with Crippen molar-refractivity contribution in [1.82, 2.24) is 0 Å². The average molecular weight is 127 g/mol. The predicted octanol–water partition coefficient (Wildman–Crippen LogP) is 1.69. The Labute approximate surface area is 55.2 Å². The Hall–Kier alpha value is -0.790. The van der Waals surface area contributed by atoms with Crippen molar-refractivity contribution < 1.29 is 9.90 Å². The second-order valence-electron chi connectivity index (χ2n) is 1.78. The number of allylic oxidation sites excluding steroid dienone is 1. The van der Waals surface area contributed by atoms with E-state index >= 15 is 0 Å². The third-order valence-electron chi connectivity index (χ3n) is 1.09. The van der Waals surface area contributed by atoms with Gasteiger partial charge in [0, 0.05) is 5.57 Å². The van der Waals surface area contributed by atoms with Gasteiger partial charge in [0.25, 0.3) is 0 Å². The van der Waals surface area contributed by atoms with Crippen molar-refractivity contribution >= 4 is 5.97 Å². The highest BCUT2D eigenvalue weighted by Crippen LogP contribution is 2.01. The summed E-state index contributed by atoms with van der Waals surface area (Å²) in [5.74, 6) is -1.04. The normalized spacial score (nSPS) is 11.6. The summed E-state index contributed by atoms with van der Waals surface area (Å²) in [6.45, 7) is 3.70. The van der Waals surface area contributed by atoms with Crippen molar-refractivity contribution in [2.45, 2.75) is 26.7 Å². The Bertz CT molecular complexity index is 125. The maximum absolute atomic E-state index is 10.1. The van der Waals surface area contributed by atoms with Crippen molar-refractivity contribution in [3.05, 3.63) is 11.6 Å². The summed E-state index contributed by atoms with van der Waals surface area (Å²) in [6.07, 6.45) is 2.99. The van der Waals surface area contributed by atoms with E-state index in [2.05, 4.69) is 0 Å². The first-order chi connectivity index (χ1) is 4.22. The van der Waals surface area contributed by atoms with Gasteiger partial charge in [-0.05, 0) is 12.8 Å². The van der Waals surface area contributed by atoms with E-state index in [1.165, 1.54) is 0 Å². The first-order valence-electron chi connectivity index (χ1n) is 3.12. The summed E-state index contributed by atoms with van der Waals surface area (Å²) >= 11 is 0. The molecule has 2 nitrogen and oxygen atoms in total. The molecule has 0 N–H and O–H groups in total. The van der Waals surface area contributed by atoms with Crippen molar-refractivity contribution in [3.8, 4) is 0 Å². The molecule has 0 aliphatic rings. The van der Waals surface area contributed by atoms with Crippen molar-refractivity contribution in [1.29, 1.82) is 0 Å². The molecule has 0 bridgehead atoms. The molecule has 0 saturated heterocycles. The van der Waals surface area contributed by atoms with E-state index in [1.54, 1.807) is 13.0 Å². The fourth-order valence-electron chi connectivity index (χ4n) is 0.618. The van der Waals surface area contributed by atoms with Crippen LogP contribution in [-0.2, 0) is 9.90 Å². The number of hydrogen-bond donors (Lipinski definition) is 0. The van der Waals surface area contributed by atoms with Crippen LogP contribution in [0.5, 0.6) is 0 Å². The number of carbonyl (C=O) groups excluding carboxylic acids is 1.